The molecule has 0 aliphatic carbocycles. The molecule has 0 aliphatic rings. The van der Waals surface area contributed by atoms with Crippen LogP contribution in [0.25, 0.3) is 0 Å². The fourth-order valence-electron chi connectivity index (χ4n) is 2.68. The Morgan fingerprint density at radius 3 is 1.40 bits per heavy atom. The van der Waals surface area contributed by atoms with Gasteiger partial charge in [-0.3, -0.25) is 0 Å². The van der Waals surface area contributed by atoms with Crippen molar-refractivity contribution in [2.24, 2.45) is 0 Å². The molecule has 0 spiro atoms. The summed E-state index contributed by atoms with van der Waals surface area (Å²) in [6.07, 6.45) is -1.34. The minimum absolute atomic E-state index is 0.127. The smallest absolute Gasteiger partial charge is 0.407 e. The van der Waals surface area contributed by atoms with Gasteiger partial charge in [0.1, 0.15) is 0 Å². The molecular weight excluding hydrogens is 561 g/mol. The number of hydrogen-bond donors (Lipinski definition) is 0. The molecule has 192 valence electrons. The molecule has 2 aromatic rings. The van der Waals surface area contributed by atoms with E-state index in [1.165, 1.54) is 31.8 Å². The summed E-state index contributed by atoms with van der Waals surface area (Å²) in [7, 11) is 3.53. The lowest BCUT2D eigenvalue weighted by molar-refractivity contribution is 0.154. The third-order valence-electron chi connectivity index (χ3n) is 4.66. The first-order chi connectivity index (χ1) is 16.6. The van der Waals surface area contributed by atoms with Gasteiger partial charge in [-0.25, -0.2) is 18.4 Å². The largest absolute Gasteiger partial charge is 0.415 e. The summed E-state index contributed by atoms with van der Waals surface area (Å²) in [5.41, 5.74) is 0. The van der Waals surface area contributed by atoms with E-state index >= 15 is 0 Å². The fourth-order valence-corrected chi connectivity index (χ4v) is 7.25. The van der Waals surface area contributed by atoms with Gasteiger partial charge >= 0.3 is 12.2 Å². The number of rotatable bonds is 10. The summed E-state index contributed by atoms with van der Waals surface area (Å²) >= 11 is 12.3. The molecule has 2 amide bonds. The third-order valence-corrected chi connectivity index (χ3v) is 9.39. The molecule has 13 heteroatoms. The molecule has 0 fully saturated rings. The van der Waals surface area contributed by atoms with Crippen LogP contribution in [-0.4, -0.2) is 48.2 Å². The molecule has 0 radical (unpaired) electrons. The molecule has 2 rings (SSSR count). The van der Waals surface area contributed by atoms with E-state index in [0.717, 1.165) is 33.7 Å². The molecule has 0 atom stereocenters. The summed E-state index contributed by atoms with van der Waals surface area (Å²) in [6, 6.07) is 4.80. The van der Waals surface area contributed by atoms with Gasteiger partial charge < -0.3 is 19.3 Å². The average Bonchev–Trinajstić information content (AvgIpc) is 2.81. The van der Waals surface area contributed by atoms with Crippen LogP contribution in [0.1, 0.15) is 27.7 Å². The summed E-state index contributed by atoms with van der Waals surface area (Å²) in [5.74, 6) is -2.02. The van der Waals surface area contributed by atoms with E-state index in [-0.39, 0.29) is 21.5 Å². The van der Waals surface area contributed by atoms with Crippen LogP contribution in [0.4, 0.5) is 18.4 Å². The molecule has 2 aromatic carbocycles. The maximum Gasteiger partial charge on any atom is 0.415 e. The molecule has 0 saturated carbocycles. The number of carbonyl (C=O) groups is 2. The van der Waals surface area contributed by atoms with E-state index in [4.69, 9.17) is 32.7 Å². The number of hydrogen-bond acceptors (Lipinski definition) is 7. The van der Waals surface area contributed by atoms with Gasteiger partial charge in [-0.2, -0.15) is 0 Å². The molecule has 0 unspecified atom stereocenters. The normalized spacial score (nSPS) is 10.7. The van der Waals surface area contributed by atoms with Crippen LogP contribution in [-0.2, 0) is 0 Å². The molecule has 0 N–H and O–H groups in total. The second kappa shape index (κ2) is 14.3. The highest BCUT2D eigenvalue weighted by atomic mass is 35.5. The maximum absolute atomic E-state index is 14.3. The van der Waals surface area contributed by atoms with Crippen LogP contribution in [0.15, 0.2) is 34.1 Å². The second-order valence-electron chi connectivity index (χ2n) is 6.74. The van der Waals surface area contributed by atoms with Gasteiger partial charge in [0.25, 0.3) is 0 Å². The van der Waals surface area contributed by atoms with Crippen molar-refractivity contribution in [2.45, 2.75) is 37.5 Å². The highest BCUT2D eigenvalue weighted by Gasteiger charge is 2.19. The zero-order valence-corrected chi connectivity index (χ0v) is 23.4. The molecular formula is C22H24Cl2F2N2O4S3. The van der Waals surface area contributed by atoms with Gasteiger partial charge in [0, 0.05) is 48.1 Å². The number of benzene rings is 2. The van der Waals surface area contributed by atoms with Crippen LogP contribution in [0.3, 0.4) is 0 Å². The van der Waals surface area contributed by atoms with E-state index in [9.17, 15) is 18.4 Å². The van der Waals surface area contributed by atoms with Crippen LogP contribution in [0, 0.1) is 11.6 Å². The van der Waals surface area contributed by atoms with E-state index in [0.29, 0.717) is 36.0 Å². The Morgan fingerprint density at radius 1 is 0.743 bits per heavy atom. The molecule has 0 saturated heterocycles. The van der Waals surface area contributed by atoms with E-state index in [1.54, 1.807) is 27.7 Å². The standard InChI is InChI=1S/C22H24Cl2F2N2O4S3/c1-5-27(6-2)21(29)31-17-11-19(13(23)9-15(17)25)33-35-34-20-12-18(16(26)10-14(20)24)32-22(30)28(7-3)8-4/h9-12H,5-8H2,1-4H3. The Morgan fingerprint density at radius 2 is 1.09 bits per heavy atom. The minimum atomic E-state index is -0.765. The molecule has 0 heterocycles. The number of ether oxygens (including phenoxy) is 2. The minimum Gasteiger partial charge on any atom is -0.407 e. The first kappa shape index (κ1) is 29.7. The van der Waals surface area contributed by atoms with Gasteiger partial charge in [-0.15, -0.1) is 0 Å². The van der Waals surface area contributed by atoms with Crippen molar-refractivity contribution in [1.82, 2.24) is 9.80 Å². The Labute approximate surface area is 224 Å². The zero-order chi connectivity index (χ0) is 26.1. The van der Waals surface area contributed by atoms with Crippen LogP contribution in [0.5, 0.6) is 11.5 Å². The third kappa shape index (κ3) is 8.24. The Balaban J connectivity index is 2.12. The summed E-state index contributed by atoms with van der Waals surface area (Å²) in [6.45, 7) is 8.83. The number of carbonyl (C=O) groups excluding carboxylic acids is 2. The van der Waals surface area contributed by atoms with Gasteiger partial charge in [-0.05, 0) is 71.2 Å². The fraction of sp³-hybridized carbons (Fsp3) is 0.364. The van der Waals surface area contributed by atoms with Crippen molar-refractivity contribution in [3.05, 3.63) is 45.9 Å². The van der Waals surface area contributed by atoms with Crippen molar-refractivity contribution < 1.29 is 27.8 Å². The lowest BCUT2D eigenvalue weighted by atomic mass is 10.3. The highest BCUT2D eigenvalue weighted by Crippen LogP contribution is 2.49. The van der Waals surface area contributed by atoms with Crippen LogP contribution >= 0.6 is 54.6 Å². The zero-order valence-electron chi connectivity index (χ0n) is 19.4. The first-order valence-electron chi connectivity index (χ1n) is 10.6. The van der Waals surface area contributed by atoms with Crippen LogP contribution in [0.2, 0.25) is 10.0 Å². The number of amides is 2. The predicted octanol–water partition coefficient (Wildman–Crippen LogP) is 8.40. The lowest BCUT2D eigenvalue weighted by Crippen LogP contribution is -2.33. The maximum atomic E-state index is 14.3. The predicted molar refractivity (Wildman–Crippen MR) is 140 cm³/mol. The van der Waals surface area contributed by atoms with Gasteiger partial charge in [0.2, 0.25) is 0 Å². The van der Waals surface area contributed by atoms with Crippen molar-refractivity contribution in [1.29, 1.82) is 0 Å². The van der Waals surface area contributed by atoms with Crippen molar-refractivity contribution in [3.8, 4) is 11.5 Å². The second-order valence-corrected chi connectivity index (χ2v) is 11.5. The summed E-state index contributed by atoms with van der Waals surface area (Å²) in [5, 5.41) is 0.254. The SMILES string of the molecule is CCN(CC)C(=O)Oc1cc(SSSc2cc(OC(=O)N(CC)CC)c(F)cc2Cl)c(Cl)cc1F. The summed E-state index contributed by atoms with van der Waals surface area (Å²) in [4.78, 5) is 28.1. The quantitative estimate of drug-likeness (QED) is 0.260. The van der Waals surface area contributed by atoms with E-state index in [2.05, 4.69) is 0 Å². The first-order valence-corrected chi connectivity index (χ1v) is 14.8. The van der Waals surface area contributed by atoms with Crippen molar-refractivity contribution in [2.75, 3.05) is 26.2 Å². The Hall–Kier alpha value is -1.53. The topological polar surface area (TPSA) is 59.1 Å². The van der Waals surface area contributed by atoms with Crippen molar-refractivity contribution >= 4 is 66.8 Å². The number of nitrogens with zero attached hydrogens (tertiary/aromatic N) is 2. The highest BCUT2D eigenvalue weighted by molar-refractivity contribution is 9.09. The Kier molecular flexibility index (Phi) is 12.1. The van der Waals surface area contributed by atoms with Crippen molar-refractivity contribution in [3.63, 3.8) is 0 Å². The molecule has 0 aromatic heterocycles. The van der Waals surface area contributed by atoms with Gasteiger partial charge in [0.05, 0.1) is 10.0 Å². The average molecular weight is 586 g/mol. The van der Waals surface area contributed by atoms with Gasteiger partial charge in [0.15, 0.2) is 23.1 Å². The lowest BCUT2D eigenvalue weighted by Gasteiger charge is -2.18. The summed E-state index contributed by atoms with van der Waals surface area (Å²) < 4.78 is 39.0. The van der Waals surface area contributed by atoms with Gasteiger partial charge in [-0.1, -0.05) is 23.2 Å². The molecule has 35 heavy (non-hydrogen) atoms. The monoisotopic (exact) mass is 584 g/mol. The molecule has 0 aliphatic heterocycles. The Bertz CT molecular complexity index is 976. The molecule has 0 bridgehead atoms. The number of halogens is 4. The van der Waals surface area contributed by atoms with E-state index in [1.807, 2.05) is 0 Å². The van der Waals surface area contributed by atoms with Crippen LogP contribution < -0.4 is 9.47 Å². The molecule has 6 nitrogen and oxygen atoms in total. The van der Waals surface area contributed by atoms with E-state index < -0.39 is 23.8 Å².